The van der Waals surface area contributed by atoms with Gasteiger partial charge < -0.3 is 19.7 Å². The third kappa shape index (κ3) is 4.27. The summed E-state index contributed by atoms with van der Waals surface area (Å²) in [5.41, 5.74) is 0.540. The van der Waals surface area contributed by atoms with E-state index in [1.54, 1.807) is 14.2 Å². The Bertz CT molecular complexity index is 745. The number of carbonyl (C=O) groups is 2. The second kappa shape index (κ2) is 7.98. The number of hydrogen-bond donors (Lipinski definition) is 1. The van der Waals surface area contributed by atoms with E-state index in [-0.39, 0.29) is 29.4 Å². The summed E-state index contributed by atoms with van der Waals surface area (Å²) >= 11 is 0. The molecule has 1 saturated heterocycles. The molecule has 1 heterocycles. The average molecular weight is 401 g/mol. The molecule has 158 valence electrons. The molecule has 1 aromatic carbocycles. The summed E-state index contributed by atoms with van der Waals surface area (Å²) in [5.74, 6) is 1.72. The largest absolute Gasteiger partial charge is 0.497 e. The smallest absolute Gasteiger partial charge is 0.246 e. The van der Waals surface area contributed by atoms with Gasteiger partial charge >= 0.3 is 0 Å². The molecule has 3 aliphatic rings. The van der Waals surface area contributed by atoms with E-state index in [9.17, 15) is 9.59 Å². The predicted octanol–water partition coefficient (Wildman–Crippen LogP) is 2.65. The van der Waals surface area contributed by atoms with Crippen molar-refractivity contribution < 1.29 is 19.1 Å². The van der Waals surface area contributed by atoms with Crippen LogP contribution in [-0.4, -0.2) is 56.2 Å². The van der Waals surface area contributed by atoms with Gasteiger partial charge in [-0.1, -0.05) is 25.0 Å². The van der Waals surface area contributed by atoms with Crippen LogP contribution in [0.3, 0.4) is 0 Å². The maximum absolute atomic E-state index is 13.4. The van der Waals surface area contributed by atoms with Crippen LogP contribution >= 0.6 is 0 Å². The van der Waals surface area contributed by atoms with Crippen LogP contribution in [0.15, 0.2) is 24.3 Å². The topological polar surface area (TPSA) is 67.9 Å². The fourth-order valence-corrected chi connectivity index (χ4v) is 4.82. The lowest BCUT2D eigenvalue weighted by Gasteiger charge is -2.43. The van der Waals surface area contributed by atoms with E-state index in [1.807, 2.05) is 29.2 Å². The van der Waals surface area contributed by atoms with Crippen LogP contribution in [0.1, 0.15) is 50.5 Å². The zero-order valence-corrected chi connectivity index (χ0v) is 17.5. The first kappa shape index (κ1) is 20.2. The van der Waals surface area contributed by atoms with Gasteiger partial charge in [0.2, 0.25) is 11.8 Å². The van der Waals surface area contributed by atoms with Crippen molar-refractivity contribution in [2.75, 3.05) is 33.9 Å². The molecule has 29 heavy (non-hydrogen) atoms. The quantitative estimate of drug-likeness (QED) is 0.729. The van der Waals surface area contributed by atoms with Gasteiger partial charge in [-0.15, -0.1) is 0 Å². The number of benzene rings is 1. The van der Waals surface area contributed by atoms with Crippen LogP contribution in [0.4, 0.5) is 0 Å². The Morgan fingerprint density at radius 1 is 1.07 bits per heavy atom. The molecule has 6 nitrogen and oxygen atoms in total. The highest BCUT2D eigenvalue weighted by atomic mass is 16.5. The molecule has 2 aliphatic carbocycles. The predicted molar refractivity (Wildman–Crippen MR) is 110 cm³/mol. The Kier molecular flexibility index (Phi) is 5.56. The number of carbonyl (C=O) groups excluding carboxylic acids is 2. The van der Waals surface area contributed by atoms with Gasteiger partial charge in [0.1, 0.15) is 12.4 Å². The lowest BCUT2D eigenvalue weighted by atomic mass is 9.81. The first-order chi connectivity index (χ1) is 14.0. The lowest BCUT2D eigenvalue weighted by molar-refractivity contribution is -0.136. The number of methoxy groups -OCH3 is 2. The summed E-state index contributed by atoms with van der Waals surface area (Å²) < 4.78 is 10.3. The second-order valence-electron chi connectivity index (χ2n) is 9.01. The third-order valence-corrected chi connectivity index (χ3v) is 6.87. The molecule has 1 N–H and O–H groups in total. The Balaban J connectivity index is 1.42. The Hall–Kier alpha value is -2.08. The van der Waals surface area contributed by atoms with Gasteiger partial charge in [-0.3, -0.25) is 9.59 Å². The van der Waals surface area contributed by atoms with Crippen LogP contribution in [0.2, 0.25) is 0 Å². The Morgan fingerprint density at radius 3 is 2.24 bits per heavy atom. The molecule has 0 bridgehead atoms. The van der Waals surface area contributed by atoms with Gasteiger partial charge in [0.15, 0.2) is 0 Å². The number of nitrogens with zero attached hydrogens (tertiary/aromatic N) is 1. The second-order valence-corrected chi connectivity index (χ2v) is 9.01. The number of rotatable bonds is 8. The minimum Gasteiger partial charge on any atom is -0.497 e. The summed E-state index contributed by atoms with van der Waals surface area (Å²) in [4.78, 5) is 27.6. The van der Waals surface area contributed by atoms with E-state index >= 15 is 0 Å². The molecule has 0 spiro atoms. The molecule has 3 fully saturated rings. The summed E-state index contributed by atoms with van der Waals surface area (Å²) in [6.07, 6.45) is 7.00. The zero-order chi connectivity index (χ0) is 20.5. The molecule has 2 saturated carbocycles. The molecule has 1 aliphatic heterocycles. The molecular weight excluding hydrogens is 368 g/mol. The first-order valence-corrected chi connectivity index (χ1v) is 10.7. The normalized spacial score (nSPS) is 22.1. The third-order valence-electron chi connectivity index (χ3n) is 6.87. The van der Waals surface area contributed by atoms with Crippen molar-refractivity contribution >= 4 is 11.8 Å². The van der Waals surface area contributed by atoms with Crippen LogP contribution in [0.25, 0.3) is 0 Å². The fraction of sp³-hybridized carbons (Fsp3) is 0.652. The highest BCUT2D eigenvalue weighted by molar-refractivity contribution is 5.91. The number of hydrogen-bond acceptors (Lipinski definition) is 4. The summed E-state index contributed by atoms with van der Waals surface area (Å²) in [6.45, 7) is 1.50. The van der Waals surface area contributed by atoms with E-state index < -0.39 is 0 Å². The van der Waals surface area contributed by atoms with Gasteiger partial charge in [-0.25, -0.2) is 0 Å². The van der Waals surface area contributed by atoms with Crippen molar-refractivity contribution in [3.63, 3.8) is 0 Å². The maximum Gasteiger partial charge on any atom is 0.246 e. The minimum absolute atomic E-state index is 0.0511. The van der Waals surface area contributed by atoms with Gasteiger partial charge in [-0.05, 0) is 55.7 Å². The fourth-order valence-electron chi connectivity index (χ4n) is 4.82. The van der Waals surface area contributed by atoms with Crippen LogP contribution < -0.4 is 10.1 Å². The monoisotopic (exact) mass is 400 g/mol. The van der Waals surface area contributed by atoms with Gasteiger partial charge in [0.05, 0.1) is 12.5 Å². The van der Waals surface area contributed by atoms with Gasteiger partial charge in [-0.2, -0.15) is 0 Å². The molecule has 6 heteroatoms. The molecule has 2 amide bonds. The molecular formula is C23H32N2O4. The van der Waals surface area contributed by atoms with E-state index in [1.165, 1.54) is 12.8 Å². The number of likely N-dealkylation sites (tertiary alicyclic amines) is 1. The van der Waals surface area contributed by atoms with Crippen molar-refractivity contribution in [2.24, 2.45) is 5.92 Å². The summed E-state index contributed by atoms with van der Waals surface area (Å²) in [7, 11) is 3.20. The van der Waals surface area contributed by atoms with Crippen molar-refractivity contribution in [1.82, 2.24) is 10.2 Å². The van der Waals surface area contributed by atoms with E-state index in [0.29, 0.717) is 19.0 Å². The molecule has 0 unspecified atom stereocenters. The van der Waals surface area contributed by atoms with Crippen LogP contribution in [0, 0.1) is 5.92 Å². The standard InChI is InChI=1S/C23H32N2O4/c1-28-16-20(26)24-22(15-17-3-4-17)11-13-25(14-12-22)21(27)23(9-10-23)18-5-7-19(29-2)8-6-18/h5-8,17H,3-4,9-16H2,1-2H3,(H,24,26). The highest BCUT2D eigenvalue weighted by Crippen LogP contribution is 2.50. The van der Waals surface area contributed by atoms with Gasteiger partial charge in [0.25, 0.3) is 0 Å². The first-order valence-electron chi connectivity index (χ1n) is 10.7. The van der Waals surface area contributed by atoms with Gasteiger partial charge in [0, 0.05) is 25.7 Å². The van der Waals surface area contributed by atoms with E-state index in [0.717, 1.165) is 43.4 Å². The number of nitrogens with one attached hydrogen (secondary N) is 1. The maximum atomic E-state index is 13.4. The van der Waals surface area contributed by atoms with Crippen LogP contribution in [-0.2, 0) is 19.7 Å². The summed E-state index contributed by atoms with van der Waals surface area (Å²) in [6, 6.07) is 7.92. The van der Waals surface area contributed by atoms with Crippen molar-refractivity contribution in [1.29, 1.82) is 0 Å². The Morgan fingerprint density at radius 2 is 1.72 bits per heavy atom. The van der Waals surface area contributed by atoms with E-state index in [4.69, 9.17) is 9.47 Å². The SMILES string of the molecule is COCC(=O)NC1(CC2CC2)CCN(C(=O)C2(c3ccc(OC)cc3)CC2)CC1. The molecule has 4 rings (SSSR count). The molecule has 0 aromatic heterocycles. The van der Waals surface area contributed by atoms with Crippen molar-refractivity contribution in [3.05, 3.63) is 29.8 Å². The molecule has 0 radical (unpaired) electrons. The minimum atomic E-state index is -0.359. The number of ether oxygens (including phenoxy) is 2. The molecule has 1 aromatic rings. The van der Waals surface area contributed by atoms with E-state index in [2.05, 4.69) is 5.32 Å². The van der Waals surface area contributed by atoms with Crippen LogP contribution in [0.5, 0.6) is 5.75 Å². The average Bonchev–Trinajstić information content (AvgIpc) is 3.64. The Labute approximate surface area is 172 Å². The number of piperidine rings is 1. The van der Waals surface area contributed by atoms with Crippen molar-refractivity contribution in [2.45, 2.75) is 55.9 Å². The van der Waals surface area contributed by atoms with Crippen molar-refractivity contribution in [3.8, 4) is 5.75 Å². The number of amides is 2. The summed E-state index contributed by atoms with van der Waals surface area (Å²) in [5, 5.41) is 3.25. The zero-order valence-electron chi connectivity index (χ0n) is 17.5. The molecule has 0 atom stereocenters. The highest BCUT2D eigenvalue weighted by Gasteiger charge is 2.54. The lowest BCUT2D eigenvalue weighted by Crippen LogP contribution is -2.58.